The molecule has 1 aliphatic heterocycles. The summed E-state index contributed by atoms with van der Waals surface area (Å²) in [6.45, 7) is 5.14. The van der Waals surface area contributed by atoms with Gasteiger partial charge in [-0.15, -0.1) is 0 Å². The van der Waals surface area contributed by atoms with E-state index in [4.69, 9.17) is 4.74 Å². The van der Waals surface area contributed by atoms with Crippen LogP contribution in [0.25, 0.3) is 0 Å². The first kappa shape index (κ1) is 17.3. The van der Waals surface area contributed by atoms with Gasteiger partial charge in [-0.05, 0) is 43.5 Å². The van der Waals surface area contributed by atoms with Gasteiger partial charge in [0.2, 0.25) is 5.88 Å². The van der Waals surface area contributed by atoms with E-state index in [-0.39, 0.29) is 5.91 Å². The van der Waals surface area contributed by atoms with Crippen LogP contribution >= 0.6 is 0 Å². The molecule has 1 saturated heterocycles. The van der Waals surface area contributed by atoms with Crippen LogP contribution in [0, 0.1) is 5.92 Å². The smallest absolute Gasteiger partial charge is 0.259 e. The lowest BCUT2D eigenvalue weighted by molar-refractivity contribution is 0.0771. The highest BCUT2D eigenvalue weighted by molar-refractivity contribution is 5.96. The van der Waals surface area contributed by atoms with Crippen molar-refractivity contribution < 1.29 is 9.53 Å². The van der Waals surface area contributed by atoms with Gasteiger partial charge in [-0.25, -0.2) is 4.98 Å². The zero-order valence-electron chi connectivity index (χ0n) is 14.9. The lowest BCUT2D eigenvalue weighted by Gasteiger charge is -2.23. The number of hydrogen-bond acceptors (Lipinski definition) is 4. The number of hydrogen-bond donors (Lipinski definition) is 0. The largest absolute Gasteiger partial charge is 0.477 e. The van der Waals surface area contributed by atoms with Crippen LogP contribution in [0.3, 0.4) is 0 Å². The summed E-state index contributed by atoms with van der Waals surface area (Å²) in [5.74, 6) is 0.857. The molecule has 25 heavy (non-hydrogen) atoms. The number of pyridine rings is 1. The Labute approximate surface area is 149 Å². The first-order valence-corrected chi connectivity index (χ1v) is 8.82. The topological polar surface area (TPSA) is 45.7 Å². The summed E-state index contributed by atoms with van der Waals surface area (Å²) < 4.78 is 5.49. The van der Waals surface area contributed by atoms with Crippen molar-refractivity contribution in [2.45, 2.75) is 13.3 Å². The average molecular weight is 339 g/mol. The van der Waals surface area contributed by atoms with E-state index in [0.29, 0.717) is 24.0 Å². The molecule has 0 N–H and O–H groups in total. The molecule has 2 aromatic rings. The van der Waals surface area contributed by atoms with Crippen molar-refractivity contribution in [2.24, 2.45) is 5.92 Å². The Balaban J connectivity index is 1.61. The minimum Gasteiger partial charge on any atom is -0.477 e. The van der Waals surface area contributed by atoms with E-state index in [2.05, 4.69) is 34.1 Å². The van der Waals surface area contributed by atoms with Crippen molar-refractivity contribution in [3.8, 4) is 5.88 Å². The highest BCUT2D eigenvalue weighted by atomic mass is 16.5. The van der Waals surface area contributed by atoms with E-state index in [1.54, 1.807) is 23.2 Å². The van der Waals surface area contributed by atoms with Gasteiger partial charge in [-0.2, -0.15) is 0 Å². The monoisotopic (exact) mass is 339 g/mol. The zero-order chi connectivity index (χ0) is 17.6. The third-order valence-corrected chi connectivity index (χ3v) is 4.57. The quantitative estimate of drug-likeness (QED) is 0.811. The Bertz CT molecular complexity index is 705. The van der Waals surface area contributed by atoms with Crippen molar-refractivity contribution in [1.29, 1.82) is 0 Å². The minimum absolute atomic E-state index is 0.0327. The van der Waals surface area contributed by atoms with E-state index < -0.39 is 0 Å². The molecular formula is C20H25N3O2. The van der Waals surface area contributed by atoms with Crippen molar-refractivity contribution in [3.63, 3.8) is 0 Å². The molecule has 0 saturated carbocycles. The Kier molecular flexibility index (Phi) is 5.53. The van der Waals surface area contributed by atoms with Crippen LogP contribution in [0.4, 0.5) is 5.69 Å². The first-order valence-electron chi connectivity index (χ1n) is 8.82. The van der Waals surface area contributed by atoms with Crippen molar-refractivity contribution in [3.05, 3.63) is 54.2 Å². The van der Waals surface area contributed by atoms with Gasteiger partial charge in [-0.1, -0.05) is 18.2 Å². The third kappa shape index (κ3) is 4.10. The van der Waals surface area contributed by atoms with Gasteiger partial charge < -0.3 is 14.5 Å². The second-order valence-corrected chi connectivity index (χ2v) is 6.41. The molecule has 1 amide bonds. The number of amides is 1. The Hall–Kier alpha value is -2.56. The summed E-state index contributed by atoms with van der Waals surface area (Å²) in [6, 6.07) is 14.0. The van der Waals surface area contributed by atoms with E-state index in [0.717, 1.165) is 26.1 Å². The SMILES string of the molecule is CCOc1ncccc1C(=O)N(C)C[C@@H]1CCN(c2ccccc2)C1. The number of aromatic nitrogens is 1. The number of benzene rings is 1. The van der Waals surface area contributed by atoms with Crippen LogP contribution in [0.5, 0.6) is 5.88 Å². The number of carbonyl (C=O) groups excluding carboxylic acids is 1. The van der Waals surface area contributed by atoms with Gasteiger partial charge in [0.1, 0.15) is 5.56 Å². The average Bonchev–Trinajstić information content (AvgIpc) is 3.11. The Morgan fingerprint density at radius 2 is 2.08 bits per heavy atom. The van der Waals surface area contributed by atoms with Gasteiger partial charge in [0.05, 0.1) is 6.61 Å². The predicted molar refractivity (Wildman–Crippen MR) is 99.1 cm³/mol. The van der Waals surface area contributed by atoms with E-state index in [1.807, 2.05) is 20.0 Å². The van der Waals surface area contributed by atoms with Gasteiger partial charge in [0, 0.05) is 38.6 Å². The maximum atomic E-state index is 12.8. The second-order valence-electron chi connectivity index (χ2n) is 6.41. The standard InChI is InChI=1S/C20H25N3O2/c1-3-25-19-18(10-7-12-21-19)20(24)22(2)14-16-11-13-23(15-16)17-8-5-4-6-9-17/h4-10,12,16H,3,11,13-15H2,1-2H3/t16-/m0/s1. The molecule has 0 spiro atoms. The molecule has 0 radical (unpaired) electrons. The molecule has 132 valence electrons. The number of nitrogens with zero attached hydrogens (tertiary/aromatic N) is 3. The summed E-state index contributed by atoms with van der Waals surface area (Å²) in [4.78, 5) is 21.1. The maximum absolute atomic E-state index is 12.8. The normalized spacial score (nSPS) is 16.7. The molecule has 2 heterocycles. The molecule has 1 aromatic heterocycles. The third-order valence-electron chi connectivity index (χ3n) is 4.57. The number of rotatable bonds is 6. The van der Waals surface area contributed by atoms with Gasteiger partial charge in [0.25, 0.3) is 5.91 Å². The molecule has 1 aromatic carbocycles. The van der Waals surface area contributed by atoms with Crippen LogP contribution in [0.15, 0.2) is 48.7 Å². The molecule has 1 fully saturated rings. The van der Waals surface area contributed by atoms with E-state index >= 15 is 0 Å². The molecule has 5 nitrogen and oxygen atoms in total. The predicted octanol–water partition coefficient (Wildman–Crippen LogP) is 3.08. The fourth-order valence-electron chi connectivity index (χ4n) is 3.34. The van der Waals surface area contributed by atoms with Gasteiger partial charge >= 0.3 is 0 Å². The number of ether oxygens (including phenoxy) is 1. The van der Waals surface area contributed by atoms with Crippen molar-refractivity contribution in [1.82, 2.24) is 9.88 Å². The van der Waals surface area contributed by atoms with Crippen molar-refractivity contribution >= 4 is 11.6 Å². The Morgan fingerprint density at radius 3 is 2.84 bits per heavy atom. The molecule has 1 atom stereocenters. The van der Waals surface area contributed by atoms with Crippen molar-refractivity contribution in [2.75, 3.05) is 38.2 Å². The van der Waals surface area contributed by atoms with Crippen LogP contribution in [-0.4, -0.2) is 49.1 Å². The molecular weight excluding hydrogens is 314 g/mol. The summed E-state index contributed by atoms with van der Waals surface area (Å²) in [5, 5.41) is 0. The van der Waals surface area contributed by atoms with Gasteiger partial charge in [0.15, 0.2) is 0 Å². The molecule has 0 unspecified atom stereocenters. The second kappa shape index (κ2) is 8.01. The molecule has 3 rings (SSSR count). The van der Waals surface area contributed by atoms with Crippen LogP contribution < -0.4 is 9.64 Å². The van der Waals surface area contributed by atoms with Crippen LogP contribution in [0.2, 0.25) is 0 Å². The molecule has 0 aliphatic carbocycles. The lowest BCUT2D eigenvalue weighted by Crippen LogP contribution is -2.33. The summed E-state index contributed by atoms with van der Waals surface area (Å²) in [7, 11) is 1.86. The lowest BCUT2D eigenvalue weighted by atomic mass is 10.1. The first-order chi connectivity index (χ1) is 12.2. The summed E-state index contributed by atoms with van der Waals surface area (Å²) in [5.41, 5.74) is 1.79. The number of carbonyl (C=O) groups is 1. The van der Waals surface area contributed by atoms with E-state index in [9.17, 15) is 4.79 Å². The zero-order valence-corrected chi connectivity index (χ0v) is 14.9. The van der Waals surface area contributed by atoms with Gasteiger partial charge in [-0.3, -0.25) is 4.79 Å². The van der Waals surface area contributed by atoms with Crippen LogP contribution in [0.1, 0.15) is 23.7 Å². The molecule has 1 aliphatic rings. The summed E-state index contributed by atoms with van der Waals surface area (Å²) in [6.07, 6.45) is 2.74. The Morgan fingerprint density at radius 1 is 1.28 bits per heavy atom. The minimum atomic E-state index is -0.0327. The fourth-order valence-corrected chi connectivity index (χ4v) is 3.34. The number of para-hydroxylation sites is 1. The highest BCUT2D eigenvalue weighted by Crippen LogP contribution is 2.25. The molecule has 5 heteroatoms. The highest BCUT2D eigenvalue weighted by Gasteiger charge is 2.26. The molecule has 0 bridgehead atoms. The fraction of sp³-hybridized carbons (Fsp3) is 0.400. The van der Waals surface area contributed by atoms with E-state index in [1.165, 1.54) is 5.69 Å². The van der Waals surface area contributed by atoms with Crippen LogP contribution in [-0.2, 0) is 0 Å². The maximum Gasteiger partial charge on any atom is 0.259 e. The number of anilines is 1. The summed E-state index contributed by atoms with van der Waals surface area (Å²) >= 11 is 0.